The van der Waals surface area contributed by atoms with Crippen molar-refractivity contribution in [2.45, 2.75) is 40.4 Å². The minimum Gasteiger partial charge on any atom is -0.0149 e. The van der Waals surface area contributed by atoms with Gasteiger partial charge < -0.3 is 0 Å². The first kappa shape index (κ1) is 30.9. The molecule has 0 saturated heterocycles. The van der Waals surface area contributed by atoms with Crippen LogP contribution in [0.5, 0.6) is 0 Å². The number of hydrogen-bond donors (Lipinski definition) is 0. The molecule has 208 valence electrons. The molecule has 3 heteroatoms. The third-order valence-corrected chi connectivity index (χ3v) is 20.0. The molecule has 3 aromatic carbocycles. The summed E-state index contributed by atoms with van der Waals surface area (Å²) < 4.78 is 1.03. The van der Waals surface area contributed by atoms with E-state index in [1.165, 1.54) is 25.7 Å². The van der Waals surface area contributed by atoms with E-state index in [0.29, 0.717) is 0 Å². The third kappa shape index (κ3) is 7.06. The number of rotatable bonds is 6. The Labute approximate surface area is 252 Å². The fraction of sp³-hybridized carbons (Fsp3) is 0.297. The van der Waals surface area contributed by atoms with Gasteiger partial charge >= 0.3 is 147 Å². The van der Waals surface area contributed by atoms with E-state index in [-0.39, 0.29) is 11.0 Å². The Hall–Kier alpha value is -2.02. The second kappa shape index (κ2) is 14.2. The zero-order chi connectivity index (χ0) is 27.2. The Kier molecular flexibility index (Phi) is 11.0. The molecular formula is C37H47PSiTi. The molecule has 3 aliphatic rings. The van der Waals surface area contributed by atoms with Gasteiger partial charge in [-0.3, -0.25) is 0 Å². The molecule has 6 atom stereocenters. The fourth-order valence-corrected chi connectivity index (χ4v) is 19.8. The van der Waals surface area contributed by atoms with E-state index >= 15 is 0 Å². The maximum Gasteiger partial charge on any atom is -0.0149 e. The molecule has 0 N–H and O–H groups in total. The zero-order valence-corrected chi connectivity index (χ0v) is 26.2. The molecule has 3 aliphatic carbocycles. The summed E-state index contributed by atoms with van der Waals surface area (Å²) in [5.41, 5.74) is 4.20. The minimum absolute atomic E-state index is 0. The summed E-state index contributed by atoms with van der Waals surface area (Å²) in [6, 6.07) is 31.6. The molecule has 0 bridgehead atoms. The van der Waals surface area contributed by atoms with Crippen LogP contribution in [-0.4, -0.2) is 11.0 Å². The van der Waals surface area contributed by atoms with E-state index in [2.05, 4.69) is 103 Å². The van der Waals surface area contributed by atoms with Gasteiger partial charge in [-0.2, -0.15) is 0 Å². The second-order valence-corrected chi connectivity index (χ2v) is 25.7. The largest absolute Gasteiger partial charge is 0.0149 e. The maximum atomic E-state index is 4.10. The van der Waals surface area contributed by atoms with E-state index in [9.17, 15) is 0 Å². The summed E-state index contributed by atoms with van der Waals surface area (Å²) in [4.78, 5) is 0. The van der Waals surface area contributed by atoms with E-state index < -0.39 is 16.1 Å². The van der Waals surface area contributed by atoms with Crippen LogP contribution in [0.4, 0.5) is 0 Å². The smallest absolute Gasteiger partial charge is 0.0149 e. The zero-order valence-electron chi connectivity index (χ0n) is 23.6. The minimum atomic E-state index is -1.87. The van der Waals surface area contributed by atoms with Crippen molar-refractivity contribution in [1.82, 2.24) is 0 Å². The number of benzene rings is 3. The molecule has 0 aromatic heterocycles. The monoisotopic (exact) mass is 598 g/mol. The molecule has 3 aromatic rings. The van der Waals surface area contributed by atoms with Gasteiger partial charge in [0.2, 0.25) is 0 Å². The average Bonchev–Trinajstić information content (AvgIpc) is 3.33. The Bertz CT molecular complexity index is 1260. The predicted molar refractivity (Wildman–Crippen MR) is 183 cm³/mol. The molecule has 2 fully saturated rings. The van der Waals surface area contributed by atoms with Gasteiger partial charge in [-0.15, -0.1) is 0 Å². The number of fused-ring (bicyclic) bond motifs is 3. The van der Waals surface area contributed by atoms with Crippen LogP contribution in [0.2, 0.25) is 14.7 Å². The van der Waals surface area contributed by atoms with Crippen molar-refractivity contribution in [3.05, 3.63) is 140 Å². The van der Waals surface area contributed by atoms with E-state index in [0.717, 1.165) is 56.7 Å². The summed E-state index contributed by atoms with van der Waals surface area (Å²) in [5.74, 6) is 3.74. The van der Waals surface area contributed by atoms with Crippen LogP contribution in [0.25, 0.3) is 11.1 Å². The Balaban J connectivity index is 0.000000192. The van der Waals surface area contributed by atoms with Crippen molar-refractivity contribution < 1.29 is 16.1 Å². The van der Waals surface area contributed by atoms with Crippen LogP contribution in [0.1, 0.15) is 36.8 Å². The standard InChI is InChI=1S/C16H14.C13H17.C6H6P.2CH3.H4Si.Ti/c1-13(15-9-5-3-6-10-15)14(2)16-11-7-4-8-12-16;1-3-7-12-10(5-1)9-11-6-2-4-8-13(11)12;7-6-4-2-1-3-5-6;;;;/h3-12H,1-2H2;1,3,5,7,9-13H,2,4,6,8H2;1-5,7H;2*1H3;1H4;/q;;-1;;;;+1. The predicted octanol–water partition coefficient (Wildman–Crippen LogP) is 9.08. The molecule has 40 heavy (non-hydrogen) atoms. The van der Waals surface area contributed by atoms with Gasteiger partial charge in [0.05, 0.1) is 0 Å². The van der Waals surface area contributed by atoms with Crippen molar-refractivity contribution in [2.75, 3.05) is 0 Å². The van der Waals surface area contributed by atoms with Gasteiger partial charge in [-0.1, -0.05) is 73.8 Å². The third-order valence-electron chi connectivity index (χ3n) is 9.15. The van der Waals surface area contributed by atoms with Crippen molar-refractivity contribution >= 4 is 34.0 Å². The van der Waals surface area contributed by atoms with Crippen LogP contribution >= 0.6 is 6.57 Å². The molecule has 0 aliphatic heterocycles. The maximum absolute atomic E-state index is 4.10. The Morgan fingerprint density at radius 2 is 1.10 bits per heavy atom. The van der Waals surface area contributed by atoms with Gasteiger partial charge in [-0.25, -0.2) is 0 Å². The quantitative estimate of drug-likeness (QED) is 0.151. The summed E-state index contributed by atoms with van der Waals surface area (Å²) in [7, 11) is 0. The molecule has 0 nitrogen and oxygen atoms in total. The van der Waals surface area contributed by atoms with E-state index in [1.807, 2.05) is 36.4 Å². The molecule has 6 rings (SSSR count). The van der Waals surface area contributed by atoms with E-state index in [4.69, 9.17) is 0 Å². The molecule has 6 unspecified atom stereocenters. The van der Waals surface area contributed by atoms with Crippen molar-refractivity contribution in [3.63, 3.8) is 0 Å². The summed E-state index contributed by atoms with van der Waals surface area (Å²) in [6.07, 6.45) is 15.8. The van der Waals surface area contributed by atoms with Gasteiger partial charge in [0, 0.05) is 0 Å². The van der Waals surface area contributed by atoms with E-state index in [1.54, 1.807) is 5.30 Å². The molecule has 0 amide bonds. The van der Waals surface area contributed by atoms with Crippen molar-refractivity contribution in [2.24, 2.45) is 23.7 Å². The fourth-order valence-electron chi connectivity index (χ4n) is 7.45. The normalized spacial score (nSPS) is 24.8. The molecular weight excluding hydrogens is 551 g/mol. The topological polar surface area (TPSA) is 0 Å². The Morgan fingerprint density at radius 3 is 1.62 bits per heavy atom. The summed E-state index contributed by atoms with van der Waals surface area (Å²) in [5, 5.41) is 7.08. The average molecular weight is 599 g/mol. The summed E-state index contributed by atoms with van der Waals surface area (Å²) in [6.45, 7) is 9.31. The van der Waals surface area contributed by atoms with Gasteiger partial charge in [-0.05, 0) is 33.2 Å². The number of hydrogen-bond acceptors (Lipinski definition) is 0. The molecule has 0 spiro atoms. The van der Waals surface area contributed by atoms with Crippen LogP contribution in [0, 0.1) is 23.7 Å². The van der Waals surface area contributed by atoms with Crippen molar-refractivity contribution in [1.29, 1.82) is 0 Å². The van der Waals surface area contributed by atoms with Gasteiger partial charge in [0.1, 0.15) is 0 Å². The number of allylic oxidation sites excluding steroid dienone is 6. The SMILES string of the molecule is C=C(C(=C)c1ccccc1)c1ccccc1.[CH3][Ti]([CH3])([PH]c1ccccc1)[CH]1C2C=CC=CC2C2CCCCC21.[SiH4]. The second-order valence-electron chi connectivity index (χ2n) is 12.0. The van der Waals surface area contributed by atoms with Crippen LogP contribution < -0.4 is 5.30 Å². The first-order valence-corrected chi connectivity index (χ1v) is 22.0. The van der Waals surface area contributed by atoms with Gasteiger partial charge in [0.25, 0.3) is 0 Å². The van der Waals surface area contributed by atoms with Crippen molar-refractivity contribution in [3.8, 4) is 0 Å². The van der Waals surface area contributed by atoms with Crippen LogP contribution in [-0.2, 0) is 16.1 Å². The molecule has 0 heterocycles. The first-order valence-electron chi connectivity index (χ1n) is 14.6. The van der Waals surface area contributed by atoms with Crippen LogP contribution in [0.15, 0.2) is 128 Å². The van der Waals surface area contributed by atoms with Crippen LogP contribution in [0.3, 0.4) is 0 Å². The first-order chi connectivity index (χ1) is 19.0. The molecule has 0 radical (unpaired) electrons. The Morgan fingerprint density at radius 1 is 0.650 bits per heavy atom. The van der Waals surface area contributed by atoms with Gasteiger partial charge in [0.15, 0.2) is 0 Å². The molecule has 2 saturated carbocycles. The summed E-state index contributed by atoms with van der Waals surface area (Å²) >= 11 is -1.87.